The van der Waals surface area contributed by atoms with Crippen LogP contribution < -0.4 is 11.1 Å². The van der Waals surface area contributed by atoms with Gasteiger partial charge in [-0.2, -0.15) is 0 Å². The van der Waals surface area contributed by atoms with Gasteiger partial charge in [-0.15, -0.1) is 0 Å². The van der Waals surface area contributed by atoms with Crippen molar-refractivity contribution in [3.05, 3.63) is 108 Å². The van der Waals surface area contributed by atoms with Gasteiger partial charge in [0, 0.05) is 12.6 Å². The molecule has 0 fully saturated rings. The summed E-state index contributed by atoms with van der Waals surface area (Å²) < 4.78 is 0. The lowest BCUT2D eigenvalue weighted by Gasteiger charge is -2.24. The van der Waals surface area contributed by atoms with Gasteiger partial charge in [0.25, 0.3) is 0 Å². The molecule has 0 aromatic heterocycles. The summed E-state index contributed by atoms with van der Waals surface area (Å²) in [5.41, 5.74) is 10.3. The summed E-state index contributed by atoms with van der Waals surface area (Å²) in [5.74, 6) is 0.458. The van der Waals surface area contributed by atoms with Crippen molar-refractivity contribution in [2.45, 2.75) is 31.3 Å². The molecular weight excluding hydrogens is 316 g/mol. The lowest BCUT2D eigenvalue weighted by Crippen LogP contribution is -2.37. The first-order valence-electron chi connectivity index (χ1n) is 9.38. The fraction of sp³-hybridized carbons (Fsp3) is 0.250. The van der Waals surface area contributed by atoms with E-state index in [4.69, 9.17) is 5.73 Å². The summed E-state index contributed by atoms with van der Waals surface area (Å²) in [7, 11) is 0. The molecular formula is C24H28N2. The van der Waals surface area contributed by atoms with E-state index < -0.39 is 0 Å². The van der Waals surface area contributed by atoms with E-state index in [1.54, 1.807) is 0 Å². The van der Waals surface area contributed by atoms with Crippen LogP contribution in [0.5, 0.6) is 0 Å². The normalized spacial score (nSPS) is 13.5. The highest BCUT2D eigenvalue weighted by Gasteiger charge is 2.16. The molecule has 0 radical (unpaired) electrons. The Morgan fingerprint density at radius 3 is 1.58 bits per heavy atom. The Labute approximate surface area is 157 Å². The zero-order valence-electron chi connectivity index (χ0n) is 15.4. The summed E-state index contributed by atoms with van der Waals surface area (Å²) in [4.78, 5) is 0. The molecule has 2 nitrogen and oxygen atoms in total. The summed E-state index contributed by atoms with van der Waals surface area (Å²) in [6, 6.07) is 32.0. The summed E-state index contributed by atoms with van der Waals surface area (Å²) >= 11 is 0. The molecule has 26 heavy (non-hydrogen) atoms. The first-order chi connectivity index (χ1) is 12.7. The predicted octanol–water partition coefficient (Wildman–Crippen LogP) is 4.89. The number of hydrogen-bond acceptors (Lipinski definition) is 2. The second-order valence-corrected chi connectivity index (χ2v) is 6.97. The standard InChI is InChI=1S/C24H28N2/c1-19(20-11-5-2-6-12-20)17-23(25)18-26-24(21-13-7-3-8-14-21)22-15-9-4-10-16-22/h2-16,19,23-24,26H,17-18,25H2,1H3/t19-,23-/m1/s1. The number of benzene rings is 3. The van der Waals surface area contributed by atoms with Crippen LogP contribution in [0.15, 0.2) is 91.0 Å². The third kappa shape index (κ3) is 5.04. The average Bonchev–Trinajstić information content (AvgIpc) is 2.70. The van der Waals surface area contributed by atoms with Crippen LogP contribution >= 0.6 is 0 Å². The van der Waals surface area contributed by atoms with Gasteiger partial charge in [0.15, 0.2) is 0 Å². The van der Waals surface area contributed by atoms with Crippen molar-refractivity contribution >= 4 is 0 Å². The highest BCUT2D eigenvalue weighted by atomic mass is 14.9. The molecule has 3 aromatic carbocycles. The molecule has 0 unspecified atom stereocenters. The van der Waals surface area contributed by atoms with Crippen molar-refractivity contribution in [2.75, 3.05) is 6.54 Å². The molecule has 3 aromatic rings. The molecule has 0 spiro atoms. The van der Waals surface area contributed by atoms with Crippen molar-refractivity contribution < 1.29 is 0 Å². The monoisotopic (exact) mass is 344 g/mol. The maximum atomic E-state index is 6.45. The van der Waals surface area contributed by atoms with Crippen LogP contribution in [0.4, 0.5) is 0 Å². The van der Waals surface area contributed by atoms with Crippen molar-refractivity contribution in [1.29, 1.82) is 0 Å². The van der Waals surface area contributed by atoms with E-state index in [2.05, 4.69) is 103 Å². The first-order valence-corrected chi connectivity index (χ1v) is 9.38. The largest absolute Gasteiger partial charge is 0.327 e. The molecule has 0 aliphatic carbocycles. The van der Waals surface area contributed by atoms with Crippen LogP contribution in [0.2, 0.25) is 0 Å². The zero-order valence-corrected chi connectivity index (χ0v) is 15.4. The minimum Gasteiger partial charge on any atom is -0.327 e. The molecule has 0 saturated carbocycles. The van der Waals surface area contributed by atoms with E-state index in [-0.39, 0.29) is 12.1 Å². The molecule has 3 N–H and O–H groups in total. The molecule has 2 atom stereocenters. The van der Waals surface area contributed by atoms with Crippen molar-refractivity contribution in [1.82, 2.24) is 5.32 Å². The molecule has 0 heterocycles. The predicted molar refractivity (Wildman–Crippen MR) is 110 cm³/mol. The van der Waals surface area contributed by atoms with Crippen LogP contribution in [0.3, 0.4) is 0 Å². The van der Waals surface area contributed by atoms with Crippen molar-refractivity contribution in [2.24, 2.45) is 5.73 Å². The second-order valence-electron chi connectivity index (χ2n) is 6.97. The fourth-order valence-corrected chi connectivity index (χ4v) is 3.44. The van der Waals surface area contributed by atoms with Crippen LogP contribution in [0.25, 0.3) is 0 Å². The van der Waals surface area contributed by atoms with E-state index >= 15 is 0 Å². The Hall–Kier alpha value is -2.42. The lowest BCUT2D eigenvalue weighted by atomic mass is 9.93. The number of nitrogens with one attached hydrogen (secondary N) is 1. The maximum Gasteiger partial charge on any atom is 0.0577 e. The molecule has 0 amide bonds. The number of nitrogens with two attached hydrogens (primary N) is 1. The Kier molecular flexibility index (Phi) is 6.59. The smallest absolute Gasteiger partial charge is 0.0577 e. The SMILES string of the molecule is C[C@H](C[C@@H](N)CNC(c1ccccc1)c1ccccc1)c1ccccc1. The van der Waals surface area contributed by atoms with Gasteiger partial charge in [-0.1, -0.05) is 97.9 Å². The second kappa shape index (κ2) is 9.33. The topological polar surface area (TPSA) is 38.0 Å². The van der Waals surface area contributed by atoms with Crippen molar-refractivity contribution in [3.8, 4) is 0 Å². The van der Waals surface area contributed by atoms with Gasteiger partial charge in [0.05, 0.1) is 6.04 Å². The fourth-order valence-electron chi connectivity index (χ4n) is 3.44. The highest BCUT2D eigenvalue weighted by molar-refractivity contribution is 5.31. The van der Waals surface area contributed by atoms with Gasteiger partial charge in [-0.25, -0.2) is 0 Å². The van der Waals surface area contributed by atoms with Gasteiger partial charge in [0.2, 0.25) is 0 Å². The van der Waals surface area contributed by atoms with Gasteiger partial charge < -0.3 is 11.1 Å². The Bertz CT molecular complexity index is 716. The molecule has 0 saturated heterocycles. The third-order valence-electron chi connectivity index (χ3n) is 4.87. The van der Waals surface area contributed by atoms with Crippen molar-refractivity contribution in [3.63, 3.8) is 0 Å². The Morgan fingerprint density at radius 2 is 1.12 bits per heavy atom. The molecule has 3 rings (SSSR count). The Balaban J connectivity index is 1.64. The number of rotatable bonds is 8. The van der Waals surface area contributed by atoms with E-state index in [0.717, 1.165) is 13.0 Å². The molecule has 0 aliphatic heterocycles. The lowest BCUT2D eigenvalue weighted by molar-refractivity contribution is 0.485. The van der Waals surface area contributed by atoms with E-state index in [0.29, 0.717) is 5.92 Å². The quantitative estimate of drug-likeness (QED) is 0.611. The minimum absolute atomic E-state index is 0.111. The van der Waals surface area contributed by atoms with E-state index in [9.17, 15) is 0 Å². The zero-order chi connectivity index (χ0) is 18.2. The summed E-state index contributed by atoms with van der Waals surface area (Å²) in [5, 5.41) is 3.68. The van der Waals surface area contributed by atoms with Crippen LogP contribution in [-0.4, -0.2) is 12.6 Å². The first kappa shape index (κ1) is 18.4. The van der Waals surface area contributed by atoms with E-state index in [1.807, 2.05) is 0 Å². The van der Waals surface area contributed by atoms with Gasteiger partial charge >= 0.3 is 0 Å². The van der Waals surface area contributed by atoms with Crippen LogP contribution in [0, 0.1) is 0 Å². The van der Waals surface area contributed by atoms with Gasteiger partial charge in [-0.3, -0.25) is 0 Å². The van der Waals surface area contributed by atoms with Crippen LogP contribution in [-0.2, 0) is 0 Å². The minimum atomic E-state index is 0.111. The van der Waals surface area contributed by atoms with Gasteiger partial charge in [0.1, 0.15) is 0 Å². The maximum absolute atomic E-state index is 6.45. The highest BCUT2D eigenvalue weighted by Crippen LogP contribution is 2.23. The molecule has 0 aliphatic rings. The third-order valence-corrected chi connectivity index (χ3v) is 4.87. The van der Waals surface area contributed by atoms with Crippen LogP contribution in [0.1, 0.15) is 42.0 Å². The molecule has 0 bridgehead atoms. The molecule has 134 valence electrons. The summed E-state index contributed by atoms with van der Waals surface area (Å²) in [6.45, 7) is 3.03. The molecule has 2 heteroatoms. The average molecular weight is 345 g/mol. The van der Waals surface area contributed by atoms with E-state index in [1.165, 1.54) is 16.7 Å². The Morgan fingerprint density at radius 1 is 0.692 bits per heavy atom. The summed E-state index contributed by atoms with van der Waals surface area (Å²) in [6.07, 6.45) is 0.966. The van der Waals surface area contributed by atoms with Gasteiger partial charge in [-0.05, 0) is 29.0 Å². The number of hydrogen-bond donors (Lipinski definition) is 2.